The van der Waals surface area contributed by atoms with Gasteiger partial charge in [-0.3, -0.25) is 4.79 Å². The van der Waals surface area contributed by atoms with Crippen molar-refractivity contribution in [3.05, 3.63) is 36.5 Å². The fourth-order valence-corrected chi connectivity index (χ4v) is 2.06. The van der Waals surface area contributed by atoms with Gasteiger partial charge in [-0.2, -0.15) is 0 Å². The smallest absolute Gasteiger partial charge is 0.233 e. The van der Waals surface area contributed by atoms with Crippen molar-refractivity contribution in [2.24, 2.45) is 0 Å². The number of carbonyl (C=O) groups is 1. The quantitative estimate of drug-likeness (QED) is 0.822. The Hall–Kier alpha value is -1.69. The van der Waals surface area contributed by atoms with Crippen LogP contribution in [0.2, 0.25) is 0 Å². The van der Waals surface area contributed by atoms with Gasteiger partial charge in [0.15, 0.2) is 5.16 Å². The third-order valence-corrected chi connectivity index (χ3v) is 3.09. The Morgan fingerprint density at radius 1 is 1.65 bits per heavy atom. The van der Waals surface area contributed by atoms with Crippen LogP contribution in [0.25, 0.3) is 0 Å². The molecule has 0 saturated carbocycles. The lowest BCUT2D eigenvalue weighted by Crippen LogP contribution is -2.27. The molecule has 5 nitrogen and oxygen atoms in total. The molecule has 6 heteroatoms. The number of thioether (sulfide) groups is 1. The van der Waals surface area contributed by atoms with E-state index in [1.807, 2.05) is 12.1 Å². The standard InChI is InChI=1S/C11H13N3O2S/c1-14(7-9-3-2-6-16-9)10(15)8-17-11-12-4-5-13-11/h2-6H,7-8H2,1H3,(H,12,13). The Morgan fingerprint density at radius 3 is 3.18 bits per heavy atom. The monoisotopic (exact) mass is 251 g/mol. The molecular weight excluding hydrogens is 238 g/mol. The van der Waals surface area contributed by atoms with Crippen LogP contribution in [0.3, 0.4) is 0 Å². The highest BCUT2D eigenvalue weighted by molar-refractivity contribution is 7.99. The molecule has 0 saturated heterocycles. The van der Waals surface area contributed by atoms with Gasteiger partial charge in [0.1, 0.15) is 5.76 Å². The zero-order valence-corrected chi connectivity index (χ0v) is 10.2. The molecule has 0 atom stereocenters. The van der Waals surface area contributed by atoms with E-state index in [1.54, 1.807) is 30.6 Å². The Labute approximate surface area is 103 Å². The van der Waals surface area contributed by atoms with Crippen LogP contribution in [0.1, 0.15) is 5.76 Å². The molecule has 0 fully saturated rings. The fraction of sp³-hybridized carbons (Fsp3) is 0.273. The highest BCUT2D eigenvalue weighted by Gasteiger charge is 2.11. The number of aromatic amines is 1. The molecule has 2 aromatic rings. The van der Waals surface area contributed by atoms with E-state index in [0.29, 0.717) is 12.3 Å². The van der Waals surface area contributed by atoms with E-state index < -0.39 is 0 Å². The average molecular weight is 251 g/mol. The van der Waals surface area contributed by atoms with Crippen LogP contribution in [0.4, 0.5) is 0 Å². The van der Waals surface area contributed by atoms with E-state index in [-0.39, 0.29) is 5.91 Å². The molecule has 0 radical (unpaired) electrons. The van der Waals surface area contributed by atoms with Crippen molar-refractivity contribution in [1.82, 2.24) is 14.9 Å². The lowest BCUT2D eigenvalue weighted by molar-refractivity contribution is -0.127. The average Bonchev–Trinajstić information content (AvgIpc) is 2.98. The second-order valence-corrected chi connectivity index (χ2v) is 4.48. The van der Waals surface area contributed by atoms with Crippen molar-refractivity contribution in [3.8, 4) is 0 Å². The van der Waals surface area contributed by atoms with E-state index in [9.17, 15) is 4.79 Å². The summed E-state index contributed by atoms with van der Waals surface area (Å²) in [6, 6.07) is 3.66. The number of hydrogen-bond donors (Lipinski definition) is 1. The number of nitrogens with one attached hydrogen (secondary N) is 1. The fourth-order valence-electron chi connectivity index (χ4n) is 1.29. The maximum Gasteiger partial charge on any atom is 0.233 e. The molecule has 0 unspecified atom stereocenters. The number of nitrogens with zero attached hydrogens (tertiary/aromatic N) is 2. The molecule has 90 valence electrons. The Balaban J connectivity index is 1.79. The van der Waals surface area contributed by atoms with Gasteiger partial charge >= 0.3 is 0 Å². The van der Waals surface area contributed by atoms with Gasteiger partial charge in [0, 0.05) is 19.4 Å². The largest absolute Gasteiger partial charge is 0.467 e. The first-order valence-corrected chi connectivity index (χ1v) is 6.13. The number of imidazole rings is 1. The predicted molar refractivity (Wildman–Crippen MR) is 64.5 cm³/mol. The summed E-state index contributed by atoms with van der Waals surface area (Å²) in [4.78, 5) is 20.4. The molecule has 0 bridgehead atoms. The summed E-state index contributed by atoms with van der Waals surface area (Å²) in [5.41, 5.74) is 0. The summed E-state index contributed by atoms with van der Waals surface area (Å²) in [6.07, 6.45) is 5.00. The minimum atomic E-state index is 0.0443. The van der Waals surface area contributed by atoms with Gasteiger partial charge in [-0.05, 0) is 12.1 Å². The number of H-pyrrole nitrogens is 1. The summed E-state index contributed by atoms with van der Waals surface area (Å²) in [5.74, 6) is 1.19. The molecule has 0 aliphatic rings. The number of hydrogen-bond acceptors (Lipinski definition) is 4. The molecule has 2 rings (SSSR count). The maximum atomic E-state index is 11.8. The Kier molecular flexibility index (Phi) is 3.87. The molecule has 0 aromatic carbocycles. The molecule has 1 N–H and O–H groups in total. The zero-order chi connectivity index (χ0) is 12.1. The van der Waals surface area contributed by atoms with Crippen LogP contribution < -0.4 is 0 Å². The third kappa shape index (κ3) is 3.39. The van der Waals surface area contributed by atoms with E-state index in [4.69, 9.17) is 4.42 Å². The van der Waals surface area contributed by atoms with Crippen molar-refractivity contribution in [2.45, 2.75) is 11.7 Å². The first-order chi connectivity index (χ1) is 8.25. The van der Waals surface area contributed by atoms with Crippen molar-refractivity contribution in [3.63, 3.8) is 0 Å². The van der Waals surface area contributed by atoms with E-state index >= 15 is 0 Å². The lowest BCUT2D eigenvalue weighted by atomic mass is 10.4. The summed E-state index contributed by atoms with van der Waals surface area (Å²) in [6.45, 7) is 0.491. The number of amides is 1. The summed E-state index contributed by atoms with van der Waals surface area (Å²) in [5, 5.41) is 0.754. The second kappa shape index (κ2) is 5.58. The topological polar surface area (TPSA) is 62.1 Å². The third-order valence-electron chi connectivity index (χ3n) is 2.20. The van der Waals surface area contributed by atoms with Crippen molar-refractivity contribution in [2.75, 3.05) is 12.8 Å². The van der Waals surface area contributed by atoms with Gasteiger partial charge in [-0.25, -0.2) is 4.98 Å². The molecule has 2 heterocycles. The van der Waals surface area contributed by atoms with Gasteiger partial charge in [0.25, 0.3) is 0 Å². The molecule has 17 heavy (non-hydrogen) atoms. The van der Waals surface area contributed by atoms with Gasteiger partial charge in [-0.15, -0.1) is 0 Å². The van der Waals surface area contributed by atoms with Crippen LogP contribution in [0.5, 0.6) is 0 Å². The van der Waals surface area contributed by atoms with E-state index in [2.05, 4.69) is 9.97 Å². The van der Waals surface area contributed by atoms with Crippen LogP contribution in [-0.4, -0.2) is 33.6 Å². The Morgan fingerprint density at radius 2 is 2.53 bits per heavy atom. The molecule has 0 aliphatic heterocycles. The number of rotatable bonds is 5. The molecule has 0 spiro atoms. The SMILES string of the molecule is CN(Cc1ccco1)C(=O)CSc1ncc[nH]1. The lowest BCUT2D eigenvalue weighted by Gasteiger charge is -2.14. The first kappa shape index (κ1) is 11.8. The van der Waals surface area contributed by atoms with Crippen LogP contribution in [0, 0.1) is 0 Å². The second-order valence-electron chi connectivity index (χ2n) is 3.51. The highest BCUT2D eigenvalue weighted by Crippen LogP contribution is 2.13. The van der Waals surface area contributed by atoms with E-state index in [0.717, 1.165) is 10.9 Å². The molecule has 1 amide bonds. The molecule has 0 aliphatic carbocycles. The minimum absolute atomic E-state index is 0.0443. The number of aromatic nitrogens is 2. The highest BCUT2D eigenvalue weighted by atomic mass is 32.2. The summed E-state index contributed by atoms with van der Waals surface area (Å²) in [7, 11) is 1.76. The Bertz CT molecular complexity index is 453. The number of furan rings is 1. The minimum Gasteiger partial charge on any atom is -0.467 e. The molecular formula is C11H13N3O2S. The van der Waals surface area contributed by atoms with Crippen LogP contribution >= 0.6 is 11.8 Å². The zero-order valence-electron chi connectivity index (χ0n) is 9.42. The number of carbonyl (C=O) groups excluding carboxylic acids is 1. The van der Waals surface area contributed by atoms with Gasteiger partial charge < -0.3 is 14.3 Å². The first-order valence-electron chi connectivity index (χ1n) is 5.14. The predicted octanol–water partition coefficient (Wildman–Crippen LogP) is 1.75. The molecule has 2 aromatic heterocycles. The maximum absolute atomic E-state index is 11.8. The van der Waals surface area contributed by atoms with Gasteiger partial charge in [-0.1, -0.05) is 11.8 Å². The van der Waals surface area contributed by atoms with Crippen molar-refractivity contribution >= 4 is 17.7 Å². The summed E-state index contributed by atoms with van der Waals surface area (Å²) >= 11 is 1.39. The van der Waals surface area contributed by atoms with Crippen LogP contribution in [0.15, 0.2) is 40.4 Å². The van der Waals surface area contributed by atoms with Crippen LogP contribution in [-0.2, 0) is 11.3 Å². The van der Waals surface area contributed by atoms with Gasteiger partial charge in [0.05, 0.1) is 18.6 Å². The van der Waals surface area contributed by atoms with Gasteiger partial charge in [0.2, 0.25) is 5.91 Å². The van der Waals surface area contributed by atoms with Crippen molar-refractivity contribution in [1.29, 1.82) is 0 Å². The van der Waals surface area contributed by atoms with Crippen molar-refractivity contribution < 1.29 is 9.21 Å². The summed E-state index contributed by atoms with van der Waals surface area (Å²) < 4.78 is 5.19. The normalized spacial score (nSPS) is 10.4. The van der Waals surface area contributed by atoms with E-state index in [1.165, 1.54) is 11.8 Å².